The molecule has 0 amide bonds. The molecule has 0 fully saturated rings. The fourth-order valence-corrected chi connectivity index (χ4v) is 2.31. The van der Waals surface area contributed by atoms with Crippen molar-refractivity contribution in [1.29, 1.82) is 0 Å². The minimum absolute atomic E-state index is 0.583. The Bertz CT molecular complexity index is 500. The summed E-state index contributed by atoms with van der Waals surface area (Å²) in [6, 6.07) is 10.2. The Morgan fingerprint density at radius 1 is 1.24 bits per heavy atom. The summed E-state index contributed by atoms with van der Waals surface area (Å²) in [5.74, 6) is 0.872. The molecule has 88 valence electrons. The van der Waals surface area contributed by atoms with Gasteiger partial charge in [0.25, 0.3) is 0 Å². The van der Waals surface area contributed by atoms with Crippen molar-refractivity contribution >= 4 is 11.8 Å². The third-order valence-electron chi connectivity index (χ3n) is 2.37. The van der Waals surface area contributed by atoms with E-state index >= 15 is 0 Å². The first-order valence-corrected chi connectivity index (χ1v) is 6.47. The molecule has 0 saturated carbocycles. The smallest absolute Gasteiger partial charge is 0.188 e. The molecule has 1 heterocycles. The zero-order valence-corrected chi connectivity index (χ0v) is 10.6. The van der Waals surface area contributed by atoms with Crippen LogP contribution in [-0.4, -0.2) is 9.97 Å². The topological polar surface area (TPSA) is 51.8 Å². The Balaban J connectivity index is 2.02. The van der Waals surface area contributed by atoms with Crippen molar-refractivity contribution < 1.29 is 0 Å². The summed E-state index contributed by atoms with van der Waals surface area (Å²) in [6.45, 7) is 2.56. The molecule has 3 nitrogen and oxygen atoms in total. The Morgan fingerprint density at radius 2 is 2.06 bits per heavy atom. The van der Waals surface area contributed by atoms with Crippen LogP contribution in [0.15, 0.2) is 41.7 Å². The van der Waals surface area contributed by atoms with Gasteiger partial charge < -0.3 is 5.73 Å². The monoisotopic (exact) mass is 245 g/mol. The second-order valence-corrected chi connectivity index (χ2v) is 4.74. The Labute approximate surface area is 105 Å². The fraction of sp³-hybridized carbons (Fsp3) is 0.231. The van der Waals surface area contributed by atoms with E-state index in [0.717, 1.165) is 22.2 Å². The number of benzene rings is 1. The van der Waals surface area contributed by atoms with E-state index in [0.29, 0.717) is 6.54 Å². The van der Waals surface area contributed by atoms with Gasteiger partial charge in [0, 0.05) is 24.2 Å². The maximum Gasteiger partial charge on any atom is 0.188 e. The third-order valence-corrected chi connectivity index (χ3v) is 3.30. The largest absolute Gasteiger partial charge is 0.326 e. The van der Waals surface area contributed by atoms with Gasteiger partial charge in [-0.05, 0) is 24.1 Å². The van der Waals surface area contributed by atoms with Crippen molar-refractivity contribution in [2.24, 2.45) is 5.73 Å². The van der Waals surface area contributed by atoms with Gasteiger partial charge in [-0.2, -0.15) is 0 Å². The molecule has 0 aliphatic rings. The van der Waals surface area contributed by atoms with Crippen LogP contribution < -0.4 is 5.73 Å². The summed E-state index contributed by atoms with van der Waals surface area (Å²) in [4.78, 5) is 8.58. The normalized spacial score (nSPS) is 10.5. The molecule has 1 aromatic carbocycles. The van der Waals surface area contributed by atoms with Crippen LogP contribution >= 0.6 is 11.8 Å². The maximum atomic E-state index is 5.61. The van der Waals surface area contributed by atoms with Crippen LogP contribution in [0.5, 0.6) is 0 Å². The lowest BCUT2D eigenvalue weighted by Crippen LogP contribution is -1.96. The number of nitrogens with two attached hydrogens (primary N) is 1. The summed E-state index contributed by atoms with van der Waals surface area (Å²) in [7, 11) is 0. The van der Waals surface area contributed by atoms with Crippen molar-refractivity contribution in [3.63, 3.8) is 0 Å². The molecular weight excluding hydrogens is 230 g/mol. The van der Waals surface area contributed by atoms with E-state index in [-0.39, 0.29) is 0 Å². The van der Waals surface area contributed by atoms with E-state index < -0.39 is 0 Å². The minimum atomic E-state index is 0.583. The van der Waals surface area contributed by atoms with E-state index in [2.05, 4.69) is 22.1 Å². The van der Waals surface area contributed by atoms with Crippen LogP contribution in [0.25, 0.3) is 0 Å². The van der Waals surface area contributed by atoms with Gasteiger partial charge in [-0.3, -0.25) is 0 Å². The van der Waals surface area contributed by atoms with E-state index in [1.807, 2.05) is 25.1 Å². The van der Waals surface area contributed by atoms with Crippen LogP contribution in [0.3, 0.4) is 0 Å². The molecule has 0 bridgehead atoms. The van der Waals surface area contributed by atoms with E-state index in [1.54, 1.807) is 18.0 Å². The highest BCUT2D eigenvalue weighted by Crippen LogP contribution is 2.19. The maximum absolute atomic E-state index is 5.61. The van der Waals surface area contributed by atoms with Crippen LogP contribution in [-0.2, 0) is 12.3 Å². The first kappa shape index (κ1) is 12.1. The van der Waals surface area contributed by atoms with Crippen molar-refractivity contribution in [2.45, 2.75) is 24.4 Å². The predicted molar refractivity (Wildman–Crippen MR) is 70.7 cm³/mol. The standard InChI is InChI=1S/C13H15N3S/c1-10-5-6-15-13(16-10)17-9-12-4-2-3-11(7-12)8-14/h2-7H,8-9,14H2,1H3. The average Bonchev–Trinajstić information content (AvgIpc) is 2.37. The molecule has 1 aromatic heterocycles. The quantitative estimate of drug-likeness (QED) is 0.664. The van der Waals surface area contributed by atoms with Crippen molar-refractivity contribution in [3.8, 4) is 0 Å². The van der Waals surface area contributed by atoms with Gasteiger partial charge in [0.1, 0.15) is 0 Å². The average molecular weight is 245 g/mol. The molecule has 0 radical (unpaired) electrons. The number of hydrogen-bond donors (Lipinski definition) is 1. The molecule has 17 heavy (non-hydrogen) atoms. The molecule has 4 heteroatoms. The lowest BCUT2D eigenvalue weighted by atomic mass is 10.1. The molecule has 2 aromatic rings. The second kappa shape index (κ2) is 5.80. The highest BCUT2D eigenvalue weighted by atomic mass is 32.2. The number of aryl methyl sites for hydroxylation is 1. The molecule has 2 rings (SSSR count). The van der Waals surface area contributed by atoms with Crippen LogP contribution in [0.1, 0.15) is 16.8 Å². The summed E-state index contributed by atoms with van der Waals surface area (Å²) in [5.41, 5.74) is 9.03. The highest BCUT2D eigenvalue weighted by Gasteiger charge is 2.00. The molecule has 0 aliphatic carbocycles. The molecule has 0 atom stereocenters. The first-order valence-electron chi connectivity index (χ1n) is 5.48. The van der Waals surface area contributed by atoms with Gasteiger partial charge in [-0.25, -0.2) is 9.97 Å². The highest BCUT2D eigenvalue weighted by molar-refractivity contribution is 7.98. The molecule has 2 N–H and O–H groups in total. The van der Waals surface area contributed by atoms with E-state index in [9.17, 15) is 0 Å². The predicted octanol–water partition coefficient (Wildman–Crippen LogP) is 2.54. The number of rotatable bonds is 4. The number of aromatic nitrogens is 2. The lowest BCUT2D eigenvalue weighted by molar-refractivity contribution is 0.931. The van der Waals surface area contributed by atoms with Gasteiger partial charge in [0.05, 0.1) is 0 Å². The Morgan fingerprint density at radius 3 is 2.82 bits per heavy atom. The van der Waals surface area contributed by atoms with Crippen molar-refractivity contribution in [3.05, 3.63) is 53.3 Å². The van der Waals surface area contributed by atoms with Gasteiger partial charge in [0.2, 0.25) is 0 Å². The van der Waals surface area contributed by atoms with Crippen LogP contribution in [0.2, 0.25) is 0 Å². The molecule has 0 saturated heterocycles. The summed E-state index contributed by atoms with van der Waals surface area (Å²) >= 11 is 1.64. The first-order chi connectivity index (χ1) is 8.28. The number of thioether (sulfide) groups is 1. The van der Waals surface area contributed by atoms with E-state index in [1.165, 1.54) is 5.56 Å². The molecular formula is C13H15N3S. The number of hydrogen-bond acceptors (Lipinski definition) is 4. The Hall–Kier alpha value is -1.39. The zero-order valence-electron chi connectivity index (χ0n) is 9.76. The molecule has 0 aliphatic heterocycles. The second-order valence-electron chi connectivity index (χ2n) is 3.79. The minimum Gasteiger partial charge on any atom is -0.326 e. The molecule has 0 unspecified atom stereocenters. The SMILES string of the molecule is Cc1ccnc(SCc2cccc(CN)c2)n1. The third kappa shape index (κ3) is 3.54. The van der Waals surface area contributed by atoms with E-state index in [4.69, 9.17) is 5.73 Å². The summed E-state index contributed by atoms with van der Waals surface area (Å²) in [6.07, 6.45) is 1.79. The summed E-state index contributed by atoms with van der Waals surface area (Å²) < 4.78 is 0. The number of nitrogens with zero attached hydrogens (tertiary/aromatic N) is 2. The fourth-order valence-electron chi connectivity index (χ4n) is 1.49. The van der Waals surface area contributed by atoms with Crippen molar-refractivity contribution in [2.75, 3.05) is 0 Å². The van der Waals surface area contributed by atoms with Gasteiger partial charge >= 0.3 is 0 Å². The molecule has 0 spiro atoms. The van der Waals surface area contributed by atoms with Gasteiger partial charge in [-0.15, -0.1) is 0 Å². The zero-order chi connectivity index (χ0) is 12.1. The van der Waals surface area contributed by atoms with Crippen LogP contribution in [0.4, 0.5) is 0 Å². The van der Waals surface area contributed by atoms with Gasteiger partial charge in [0.15, 0.2) is 5.16 Å². The van der Waals surface area contributed by atoms with Crippen LogP contribution in [0, 0.1) is 6.92 Å². The Kier molecular flexibility index (Phi) is 4.12. The van der Waals surface area contributed by atoms with Gasteiger partial charge in [-0.1, -0.05) is 36.0 Å². The van der Waals surface area contributed by atoms with Crippen molar-refractivity contribution in [1.82, 2.24) is 9.97 Å². The lowest BCUT2D eigenvalue weighted by Gasteiger charge is -2.03. The summed E-state index contributed by atoms with van der Waals surface area (Å²) in [5, 5.41) is 0.822.